The molecule has 4 nitrogen and oxygen atoms in total. The summed E-state index contributed by atoms with van der Waals surface area (Å²) in [6, 6.07) is 0. The Morgan fingerprint density at radius 3 is 2.63 bits per heavy atom. The Balaban J connectivity index is 2.63. The molecule has 0 spiro atoms. The van der Waals surface area contributed by atoms with Gasteiger partial charge in [0.15, 0.2) is 0 Å². The molecule has 1 heterocycles. The monoisotopic (exact) mass is 272 g/mol. The van der Waals surface area contributed by atoms with Gasteiger partial charge in [-0.05, 0) is 33.1 Å². The molecule has 1 rings (SSSR count). The molecular formula is C15H28O4. The molecule has 0 N–H and O–H groups in total. The molecular weight excluding hydrogens is 244 g/mol. The number of esters is 1. The molecule has 1 aliphatic rings. The highest BCUT2D eigenvalue weighted by Gasteiger charge is 2.34. The highest BCUT2D eigenvalue weighted by Crippen LogP contribution is 2.28. The van der Waals surface area contributed by atoms with Gasteiger partial charge in [0.1, 0.15) is 5.60 Å². The van der Waals surface area contributed by atoms with Gasteiger partial charge >= 0.3 is 5.97 Å². The zero-order valence-electron chi connectivity index (χ0n) is 12.7. The van der Waals surface area contributed by atoms with E-state index in [0.717, 1.165) is 32.1 Å². The zero-order chi connectivity index (χ0) is 14.3. The van der Waals surface area contributed by atoms with Crippen LogP contribution in [-0.4, -0.2) is 24.8 Å². The highest BCUT2D eigenvalue weighted by molar-refractivity contribution is 5.73. The van der Waals surface area contributed by atoms with Crippen LogP contribution in [0.25, 0.3) is 0 Å². The van der Waals surface area contributed by atoms with Crippen LogP contribution in [0.3, 0.4) is 0 Å². The van der Waals surface area contributed by atoms with Crippen LogP contribution in [0.15, 0.2) is 0 Å². The molecule has 2 atom stereocenters. The van der Waals surface area contributed by atoms with Gasteiger partial charge in [0, 0.05) is 5.92 Å². The van der Waals surface area contributed by atoms with E-state index in [1.165, 1.54) is 0 Å². The van der Waals surface area contributed by atoms with Crippen LogP contribution in [-0.2, 0) is 19.3 Å². The lowest BCUT2D eigenvalue weighted by molar-refractivity contribution is -0.327. The second-order valence-electron chi connectivity index (χ2n) is 5.94. The van der Waals surface area contributed by atoms with E-state index >= 15 is 0 Å². The van der Waals surface area contributed by atoms with Crippen molar-refractivity contribution in [2.24, 2.45) is 11.8 Å². The largest absolute Gasteiger partial charge is 0.459 e. The van der Waals surface area contributed by atoms with Gasteiger partial charge in [-0.1, -0.05) is 26.7 Å². The third-order valence-corrected chi connectivity index (χ3v) is 3.91. The number of hydrogen-bond acceptors (Lipinski definition) is 4. The average molecular weight is 272 g/mol. The minimum atomic E-state index is -0.381. The smallest absolute Gasteiger partial charge is 0.309 e. The van der Waals surface area contributed by atoms with Crippen LogP contribution in [0, 0.1) is 11.8 Å². The summed E-state index contributed by atoms with van der Waals surface area (Å²) >= 11 is 0. The second kappa shape index (κ2) is 7.85. The lowest BCUT2D eigenvalue weighted by atomic mass is 9.86. The predicted molar refractivity (Wildman–Crippen MR) is 73.5 cm³/mol. The van der Waals surface area contributed by atoms with Crippen LogP contribution in [0.2, 0.25) is 0 Å². The van der Waals surface area contributed by atoms with E-state index in [2.05, 4.69) is 6.92 Å². The standard InChI is InChI=1S/C15H28O4/c1-5-7-8-13(12-9-10-17-18-11-12)14(16)19-15(3,4)6-2/h12-13H,5-11H2,1-4H3. The quantitative estimate of drug-likeness (QED) is 0.525. The van der Waals surface area contributed by atoms with Gasteiger partial charge in [-0.3, -0.25) is 4.79 Å². The molecule has 1 saturated heterocycles. The Bertz CT molecular complexity index is 269. The van der Waals surface area contributed by atoms with Gasteiger partial charge in [-0.15, -0.1) is 0 Å². The van der Waals surface area contributed by atoms with Crippen molar-refractivity contribution >= 4 is 5.97 Å². The van der Waals surface area contributed by atoms with Crippen molar-refractivity contribution in [2.45, 2.75) is 65.4 Å². The number of hydrogen-bond donors (Lipinski definition) is 0. The fourth-order valence-corrected chi connectivity index (χ4v) is 2.18. The molecule has 0 radical (unpaired) electrons. The minimum Gasteiger partial charge on any atom is -0.459 e. The van der Waals surface area contributed by atoms with E-state index in [9.17, 15) is 4.79 Å². The molecule has 1 aliphatic heterocycles. The molecule has 0 saturated carbocycles. The van der Waals surface area contributed by atoms with E-state index in [4.69, 9.17) is 14.5 Å². The number of unbranched alkanes of at least 4 members (excludes halogenated alkanes) is 1. The van der Waals surface area contributed by atoms with Gasteiger partial charge in [-0.2, -0.15) is 0 Å². The summed E-state index contributed by atoms with van der Waals surface area (Å²) in [4.78, 5) is 22.4. The molecule has 4 heteroatoms. The van der Waals surface area contributed by atoms with E-state index in [0.29, 0.717) is 13.2 Å². The van der Waals surface area contributed by atoms with Crippen LogP contribution in [0.4, 0.5) is 0 Å². The maximum atomic E-state index is 12.4. The first kappa shape index (κ1) is 16.4. The lowest BCUT2D eigenvalue weighted by Gasteiger charge is -2.31. The number of carbonyl (C=O) groups excluding carboxylic acids is 1. The maximum Gasteiger partial charge on any atom is 0.309 e. The molecule has 0 aromatic heterocycles. The molecule has 0 aromatic carbocycles. The van der Waals surface area contributed by atoms with Crippen LogP contribution >= 0.6 is 0 Å². The first-order valence-electron chi connectivity index (χ1n) is 7.47. The SMILES string of the molecule is CCCCC(C(=O)OC(C)(C)CC)C1CCOOC1. The number of carbonyl (C=O) groups is 1. The third kappa shape index (κ3) is 5.49. The molecule has 2 unspecified atom stereocenters. The summed E-state index contributed by atoms with van der Waals surface area (Å²) in [5.41, 5.74) is -0.381. The maximum absolute atomic E-state index is 12.4. The predicted octanol–water partition coefficient (Wildman–Crippen LogP) is 3.49. The topological polar surface area (TPSA) is 44.8 Å². The van der Waals surface area contributed by atoms with Crippen molar-refractivity contribution in [1.29, 1.82) is 0 Å². The zero-order valence-corrected chi connectivity index (χ0v) is 12.7. The number of rotatable bonds is 7. The molecule has 0 amide bonds. The van der Waals surface area contributed by atoms with Crippen molar-refractivity contribution in [3.8, 4) is 0 Å². The van der Waals surface area contributed by atoms with Gasteiger partial charge < -0.3 is 4.74 Å². The molecule has 112 valence electrons. The summed E-state index contributed by atoms with van der Waals surface area (Å²) in [5, 5.41) is 0. The Morgan fingerprint density at radius 1 is 1.37 bits per heavy atom. The lowest BCUT2D eigenvalue weighted by Crippen LogP contribution is -2.37. The Labute approximate surface area is 116 Å². The normalized spacial score (nSPS) is 22.0. The van der Waals surface area contributed by atoms with Crippen molar-refractivity contribution in [1.82, 2.24) is 0 Å². The van der Waals surface area contributed by atoms with E-state index in [1.54, 1.807) is 0 Å². The minimum absolute atomic E-state index is 0.0605. The average Bonchev–Trinajstić information content (AvgIpc) is 2.40. The molecule has 0 bridgehead atoms. The van der Waals surface area contributed by atoms with Crippen LogP contribution in [0.1, 0.15) is 59.8 Å². The van der Waals surface area contributed by atoms with E-state index < -0.39 is 0 Å². The fraction of sp³-hybridized carbons (Fsp3) is 0.933. The Hall–Kier alpha value is -0.610. The summed E-state index contributed by atoms with van der Waals surface area (Å²) in [6.07, 6.45) is 4.71. The first-order chi connectivity index (χ1) is 9.00. The van der Waals surface area contributed by atoms with Crippen LogP contribution < -0.4 is 0 Å². The summed E-state index contributed by atoms with van der Waals surface area (Å²) in [5.74, 6) is 0.0888. The van der Waals surface area contributed by atoms with Gasteiger partial charge in [0.25, 0.3) is 0 Å². The summed E-state index contributed by atoms with van der Waals surface area (Å²) in [7, 11) is 0. The fourth-order valence-electron chi connectivity index (χ4n) is 2.18. The molecule has 19 heavy (non-hydrogen) atoms. The van der Waals surface area contributed by atoms with E-state index in [1.807, 2.05) is 20.8 Å². The number of ether oxygens (including phenoxy) is 1. The molecule has 1 fully saturated rings. The highest BCUT2D eigenvalue weighted by atomic mass is 17.2. The summed E-state index contributed by atoms with van der Waals surface area (Å²) in [6.45, 7) is 9.16. The van der Waals surface area contributed by atoms with Crippen molar-refractivity contribution in [3.05, 3.63) is 0 Å². The van der Waals surface area contributed by atoms with Gasteiger partial charge in [0.05, 0.1) is 19.1 Å². The van der Waals surface area contributed by atoms with Crippen LogP contribution in [0.5, 0.6) is 0 Å². The molecule has 0 aliphatic carbocycles. The Morgan fingerprint density at radius 2 is 2.11 bits per heavy atom. The Kier molecular flexibility index (Phi) is 6.80. The van der Waals surface area contributed by atoms with Gasteiger partial charge in [0.2, 0.25) is 0 Å². The van der Waals surface area contributed by atoms with Crippen molar-refractivity contribution in [3.63, 3.8) is 0 Å². The van der Waals surface area contributed by atoms with Crippen molar-refractivity contribution in [2.75, 3.05) is 13.2 Å². The van der Waals surface area contributed by atoms with E-state index in [-0.39, 0.29) is 23.4 Å². The first-order valence-corrected chi connectivity index (χ1v) is 7.47. The van der Waals surface area contributed by atoms with Gasteiger partial charge in [-0.25, -0.2) is 9.78 Å². The third-order valence-electron chi connectivity index (χ3n) is 3.91. The second-order valence-corrected chi connectivity index (χ2v) is 5.94. The summed E-state index contributed by atoms with van der Waals surface area (Å²) < 4.78 is 5.66. The van der Waals surface area contributed by atoms with Crippen molar-refractivity contribution < 1.29 is 19.3 Å². The molecule has 0 aromatic rings.